The first kappa shape index (κ1) is 18.4. The summed E-state index contributed by atoms with van der Waals surface area (Å²) in [6, 6.07) is 22.7. The Morgan fingerprint density at radius 2 is 1.76 bits per heavy atom. The molecule has 0 aromatic heterocycles. The molecule has 3 aromatic carbocycles. The van der Waals surface area contributed by atoms with Gasteiger partial charge in [0.2, 0.25) is 5.78 Å². The quantitative estimate of drug-likeness (QED) is 0.453. The maximum Gasteiger partial charge on any atom is 0.251 e. The van der Waals surface area contributed by atoms with Crippen molar-refractivity contribution in [3.8, 4) is 5.75 Å². The molecule has 2 aliphatic rings. The van der Waals surface area contributed by atoms with Gasteiger partial charge in [0, 0.05) is 27.0 Å². The Morgan fingerprint density at radius 3 is 2.52 bits per heavy atom. The van der Waals surface area contributed by atoms with Gasteiger partial charge in [0.25, 0.3) is 6.23 Å². The number of halogens is 2. The van der Waals surface area contributed by atoms with E-state index in [0.717, 1.165) is 27.1 Å². The average Bonchev–Trinajstić information content (AvgIpc) is 3.19. The van der Waals surface area contributed by atoms with Crippen molar-refractivity contribution in [3.63, 3.8) is 0 Å². The van der Waals surface area contributed by atoms with Crippen LogP contribution in [0.4, 0.5) is 0 Å². The van der Waals surface area contributed by atoms with Crippen molar-refractivity contribution in [1.29, 1.82) is 0 Å². The largest absolute Gasteiger partial charge is 0.461 e. The molecule has 144 valence electrons. The molecular weight excluding hydrogens is 452 g/mol. The minimum Gasteiger partial charge on any atom is -0.461 e. The first-order chi connectivity index (χ1) is 14.1. The SMILES string of the molecule is O=C(c1ccc(Br)cc1)[C@H]1Oc2ccccc2[C@@H]2CC(c3ccc(Cl)cc3)=NN12. The van der Waals surface area contributed by atoms with Crippen molar-refractivity contribution in [2.75, 3.05) is 0 Å². The van der Waals surface area contributed by atoms with E-state index in [1.54, 1.807) is 17.1 Å². The van der Waals surface area contributed by atoms with Gasteiger partial charge < -0.3 is 4.74 Å². The fourth-order valence-electron chi connectivity index (χ4n) is 3.78. The number of para-hydroxylation sites is 1. The Kier molecular flexibility index (Phi) is 4.64. The number of hydrogen-bond acceptors (Lipinski definition) is 4. The molecule has 0 N–H and O–H groups in total. The molecule has 0 saturated carbocycles. The summed E-state index contributed by atoms with van der Waals surface area (Å²) in [4.78, 5) is 13.3. The molecule has 2 aliphatic heterocycles. The minimum atomic E-state index is -0.805. The van der Waals surface area contributed by atoms with Gasteiger partial charge in [-0.1, -0.05) is 70.0 Å². The van der Waals surface area contributed by atoms with Crippen molar-refractivity contribution in [2.45, 2.75) is 18.7 Å². The first-order valence-electron chi connectivity index (χ1n) is 9.27. The van der Waals surface area contributed by atoms with Crippen LogP contribution in [0.25, 0.3) is 0 Å². The Morgan fingerprint density at radius 1 is 1.03 bits per heavy atom. The predicted octanol–water partition coefficient (Wildman–Crippen LogP) is 5.86. The fourth-order valence-corrected chi connectivity index (χ4v) is 4.17. The van der Waals surface area contributed by atoms with Gasteiger partial charge >= 0.3 is 0 Å². The average molecular weight is 468 g/mol. The third kappa shape index (κ3) is 3.34. The van der Waals surface area contributed by atoms with Crippen LogP contribution in [0.1, 0.15) is 33.9 Å². The number of carbonyl (C=O) groups excluding carboxylic acids is 1. The molecule has 0 bridgehead atoms. The van der Waals surface area contributed by atoms with E-state index in [-0.39, 0.29) is 11.8 Å². The van der Waals surface area contributed by atoms with Gasteiger partial charge in [0.05, 0.1) is 11.8 Å². The zero-order valence-corrected chi connectivity index (χ0v) is 17.6. The number of carbonyl (C=O) groups is 1. The highest BCUT2D eigenvalue weighted by atomic mass is 79.9. The monoisotopic (exact) mass is 466 g/mol. The van der Waals surface area contributed by atoms with Crippen LogP contribution in [-0.4, -0.2) is 22.7 Å². The van der Waals surface area contributed by atoms with Gasteiger partial charge in [-0.15, -0.1) is 0 Å². The molecule has 0 spiro atoms. The van der Waals surface area contributed by atoms with Crippen molar-refractivity contribution in [2.24, 2.45) is 5.10 Å². The summed E-state index contributed by atoms with van der Waals surface area (Å²) in [5.41, 5.74) is 3.54. The van der Waals surface area contributed by atoms with E-state index < -0.39 is 6.23 Å². The molecule has 2 heterocycles. The number of nitrogens with zero attached hydrogens (tertiary/aromatic N) is 2. The van der Waals surface area contributed by atoms with Gasteiger partial charge in [-0.3, -0.25) is 4.79 Å². The zero-order valence-electron chi connectivity index (χ0n) is 15.3. The van der Waals surface area contributed by atoms with Gasteiger partial charge in [0.1, 0.15) is 5.75 Å². The van der Waals surface area contributed by atoms with E-state index in [9.17, 15) is 4.79 Å². The Labute approximate surface area is 181 Å². The van der Waals surface area contributed by atoms with Crippen LogP contribution in [0, 0.1) is 0 Å². The molecule has 29 heavy (non-hydrogen) atoms. The number of ether oxygens (including phenoxy) is 1. The van der Waals surface area contributed by atoms with E-state index in [4.69, 9.17) is 21.4 Å². The summed E-state index contributed by atoms with van der Waals surface area (Å²) in [7, 11) is 0. The number of rotatable bonds is 3. The van der Waals surface area contributed by atoms with Crippen LogP contribution >= 0.6 is 27.5 Å². The molecule has 0 saturated heterocycles. The number of ketones is 1. The van der Waals surface area contributed by atoms with E-state index in [1.807, 2.05) is 60.7 Å². The molecule has 0 radical (unpaired) electrons. The smallest absolute Gasteiger partial charge is 0.251 e. The lowest BCUT2D eigenvalue weighted by Crippen LogP contribution is -2.45. The summed E-state index contributed by atoms with van der Waals surface area (Å²) in [6.45, 7) is 0. The van der Waals surface area contributed by atoms with Crippen molar-refractivity contribution in [3.05, 3.63) is 99.0 Å². The van der Waals surface area contributed by atoms with Gasteiger partial charge in [-0.05, 0) is 35.9 Å². The van der Waals surface area contributed by atoms with Crippen LogP contribution in [0.3, 0.4) is 0 Å². The summed E-state index contributed by atoms with van der Waals surface area (Å²) < 4.78 is 7.05. The van der Waals surface area contributed by atoms with Crippen LogP contribution in [0.5, 0.6) is 5.75 Å². The lowest BCUT2D eigenvalue weighted by molar-refractivity contribution is -0.00455. The fraction of sp³-hybridized carbons (Fsp3) is 0.130. The second-order valence-electron chi connectivity index (χ2n) is 7.03. The van der Waals surface area contributed by atoms with Crippen molar-refractivity contribution < 1.29 is 9.53 Å². The van der Waals surface area contributed by atoms with Gasteiger partial charge in [-0.2, -0.15) is 5.10 Å². The molecule has 5 rings (SSSR count). The maximum absolute atomic E-state index is 13.3. The number of hydrazone groups is 1. The minimum absolute atomic E-state index is 0.0463. The molecule has 6 heteroatoms. The van der Waals surface area contributed by atoms with E-state index in [0.29, 0.717) is 17.0 Å². The van der Waals surface area contributed by atoms with Crippen LogP contribution < -0.4 is 4.74 Å². The molecule has 2 atom stereocenters. The number of hydrogen-bond donors (Lipinski definition) is 0. The molecule has 0 fully saturated rings. The number of fused-ring (bicyclic) bond motifs is 3. The third-order valence-corrected chi connectivity index (χ3v) is 6.01. The number of benzene rings is 3. The van der Waals surface area contributed by atoms with Crippen molar-refractivity contribution >= 4 is 39.0 Å². The third-order valence-electron chi connectivity index (χ3n) is 5.23. The molecule has 0 aliphatic carbocycles. The Hall–Kier alpha value is -2.63. The standard InChI is InChI=1S/C23H16BrClN2O2/c24-16-9-5-15(6-10-16)22(28)23-27-20(18-3-1-2-4-21(18)29-23)13-19(26-27)14-7-11-17(25)12-8-14/h1-12,20,23H,13H2/t20-,23+/m0/s1. The van der Waals surface area contributed by atoms with Crippen molar-refractivity contribution in [1.82, 2.24) is 5.01 Å². The highest BCUT2D eigenvalue weighted by Crippen LogP contribution is 2.43. The van der Waals surface area contributed by atoms with Crippen LogP contribution in [0.2, 0.25) is 5.02 Å². The summed E-state index contributed by atoms with van der Waals surface area (Å²) >= 11 is 9.44. The normalized spacial score (nSPS) is 19.8. The Bertz CT molecular complexity index is 1110. The summed E-state index contributed by atoms with van der Waals surface area (Å²) in [6.07, 6.45) is -0.104. The summed E-state index contributed by atoms with van der Waals surface area (Å²) in [5, 5.41) is 7.29. The molecule has 0 amide bonds. The van der Waals surface area contributed by atoms with E-state index in [2.05, 4.69) is 15.9 Å². The predicted molar refractivity (Wildman–Crippen MR) is 117 cm³/mol. The van der Waals surface area contributed by atoms with Gasteiger partial charge in [0.15, 0.2) is 0 Å². The highest BCUT2D eigenvalue weighted by Gasteiger charge is 2.43. The molecule has 3 aromatic rings. The highest BCUT2D eigenvalue weighted by molar-refractivity contribution is 9.10. The zero-order chi connectivity index (χ0) is 20.0. The van der Waals surface area contributed by atoms with Gasteiger partial charge in [-0.25, -0.2) is 5.01 Å². The van der Waals surface area contributed by atoms with Crippen LogP contribution in [-0.2, 0) is 0 Å². The summed E-state index contributed by atoms with van der Waals surface area (Å²) in [5.74, 6) is 0.620. The maximum atomic E-state index is 13.3. The first-order valence-corrected chi connectivity index (χ1v) is 10.4. The second-order valence-corrected chi connectivity index (χ2v) is 8.38. The lowest BCUT2D eigenvalue weighted by atomic mass is 9.96. The van der Waals surface area contributed by atoms with Crippen LogP contribution in [0.15, 0.2) is 82.4 Å². The molecule has 0 unspecified atom stereocenters. The number of Topliss-reactive ketones (excluding diaryl/α,β-unsaturated/α-hetero) is 1. The molecule has 4 nitrogen and oxygen atoms in total. The topological polar surface area (TPSA) is 41.9 Å². The second kappa shape index (κ2) is 7.32. The Balaban J connectivity index is 1.55. The van der Waals surface area contributed by atoms with E-state index >= 15 is 0 Å². The van der Waals surface area contributed by atoms with E-state index in [1.165, 1.54) is 0 Å². The lowest BCUT2D eigenvalue weighted by Gasteiger charge is -2.37. The molecular formula is C23H16BrClN2O2.